The van der Waals surface area contributed by atoms with Crippen molar-refractivity contribution in [3.63, 3.8) is 0 Å². The quantitative estimate of drug-likeness (QED) is 0.511. The molecule has 1 N–H and O–H groups in total. The summed E-state index contributed by atoms with van der Waals surface area (Å²) in [6.45, 7) is 0. The number of nitrogens with zero attached hydrogens (tertiary/aromatic N) is 3. The van der Waals surface area contributed by atoms with Gasteiger partial charge in [-0.3, -0.25) is 14.4 Å². The summed E-state index contributed by atoms with van der Waals surface area (Å²) in [6.07, 6.45) is -0.735. The number of ether oxygens (including phenoxy) is 1. The standard InChI is InChI=1S/C28H24F3N3O5/c29-28(30,31)39-19-9-5-17(6-10-19)27(38)34-22-3-1-2-20(22)26(21-14-16(15-32)4-11-23(21)34)33(18-7-8-18)24(35)12-13-25(36)37/h4-7,9-11,14,20,22,26H,1-3,8,12-13H2,(H,36,37). The van der Waals surface area contributed by atoms with Gasteiger partial charge >= 0.3 is 12.3 Å². The number of alkyl halides is 3. The van der Waals surface area contributed by atoms with Crippen molar-refractivity contribution >= 4 is 23.5 Å². The van der Waals surface area contributed by atoms with Gasteiger partial charge in [0.15, 0.2) is 0 Å². The van der Waals surface area contributed by atoms with E-state index in [4.69, 9.17) is 5.11 Å². The van der Waals surface area contributed by atoms with Gasteiger partial charge in [0.1, 0.15) is 5.75 Å². The number of halogens is 3. The van der Waals surface area contributed by atoms with Crippen molar-refractivity contribution < 1.29 is 37.4 Å². The van der Waals surface area contributed by atoms with Gasteiger partial charge in [-0.15, -0.1) is 13.2 Å². The Morgan fingerprint density at radius 2 is 1.82 bits per heavy atom. The van der Waals surface area contributed by atoms with Crippen molar-refractivity contribution in [3.05, 3.63) is 70.9 Å². The highest BCUT2D eigenvalue weighted by Gasteiger charge is 2.50. The monoisotopic (exact) mass is 539 g/mol. The molecule has 2 aliphatic carbocycles. The lowest BCUT2D eigenvalue weighted by molar-refractivity contribution is -0.274. The van der Waals surface area contributed by atoms with E-state index in [0.29, 0.717) is 36.1 Å². The summed E-state index contributed by atoms with van der Waals surface area (Å²) in [5, 5.41) is 18.7. The van der Waals surface area contributed by atoms with Gasteiger partial charge in [-0.05, 0) is 55.3 Å². The SMILES string of the molecule is N#Cc1ccc2c(c1)C(N(C(=O)CCC(=O)O)C1=CC1)C1CCCC1N2C(=O)c1ccc(OC(F)(F)F)cc1. The van der Waals surface area contributed by atoms with Gasteiger partial charge in [0.25, 0.3) is 5.91 Å². The molecule has 2 amide bonds. The lowest BCUT2D eigenvalue weighted by Gasteiger charge is -2.47. The lowest BCUT2D eigenvalue weighted by atomic mass is 9.80. The minimum atomic E-state index is -4.85. The molecule has 3 unspecified atom stereocenters. The summed E-state index contributed by atoms with van der Waals surface area (Å²) in [6, 6.07) is 11.0. The smallest absolute Gasteiger partial charge is 0.481 e. The largest absolute Gasteiger partial charge is 0.573 e. The third kappa shape index (κ3) is 5.32. The molecule has 8 nitrogen and oxygen atoms in total. The third-order valence-corrected chi connectivity index (χ3v) is 7.35. The maximum Gasteiger partial charge on any atom is 0.573 e. The molecule has 0 radical (unpaired) electrons. The Morgan fingerprint density at radius 3 is 2.44 bits per heavy atom. The summed E-state index contributed by atoms with van der Waals surface area (Å²) in [7, 11) is 0. The number of aliphatic carboxylic acids is 1. The number of anilines is 1. The van der Waals surface area contributed by atoms with Crippen molar-refractivity contribution in [1.29, 1.82) is 5.26 Å². The molecule has 1 fully saturated rings. The minimum Gasteiger partial charge on any atom is -0.481 e. The van der Waals surface area contributed by atoms with E-state index in [2.05, 4.69) is 10.8 Å². The number of nitriles is 1. The maximum atomic E-state index is 13.8. The average molecular weight is 540 g/mol. The zero-order valence-electron chi connectivity index (χ0n) is 20.6. The highest BCUT2D eigenvalue weighted by atomic mass is 19.4. The molecule has 1 aliphatic heterocycles. The lowest BCUT2D eigenvalue weighted by Crippen LogP contribution is -2.51. The fourth-order valence-corrected chi connectivity index (χ4v) is 5.75. The fourth-order valence-electron chi connectivity index (χ4n) is 5.75. The number of benzene rings is 2. The third-order valence-electron chi connectivity index (χ3n) is 7.35. The number of carbonyl (C=O) groups excluding carboxylic acids is 2. The number of allylic oxidation sites excluding steroid dienone is 2. The van der Waals surface area contributed by atoms with Gasteiger partial charge in [-0.1, -0.05) is 12.5 Å². The van der Waals surface area contributed by atoms with Crippen LogP contribution in [0, 0.1) is 17.2 Å². The van der Waals surface area contributed by atoms with Crippen LogP contribution in [0.15, 0.2) is 54.2 Å². The molecule has 3 aliphatic rings. The van der Waals surface area contributed by atoms with E-state index >= 15 is 0 Å². The number of carboxylic acid groups (broad SMARTS) is 1. The van der Waals surface area contributed by atoms with Gasteiger partial charge in [-0.2, -0.15) is 5.26 Å². The van der Waals surface area contributed by atoms with Gasteiger partial charge in [0.2, 0.25) is 5.91 Å². The number of rotatable bonds is 7. The Balaban J connectivity index is 1.55. The molecule has 2 aromatic carbocycles. The number of carboxylic acids is 1. The van der Waals surface area contributed by atoms with Crippen LogP contribution >= 0.6 is 0 Å². The zero-order chi connectivity index (χ0) is 27.9. The summed E-state index contributed by atoms with van der Waals surface area (Å²) >= 11 is 0. The van der Waals surface area contributed by atoms with Gasteiger partial charge in [0, 0.05) is 47.3 Å². The van der Waals surface area contributed by atoms with Crippen LogP contribution in [-0.4, -0.2) is 40.2 Å². The molecule has 5 rings (SSSR count). The molecule has 0 aromatic heterocycles. The first-order valence-corrected chi connectivity index (χ1v) is 12.5. The molecule has 2 aromatic rings. The van der Waals surface area contributed by atoms with E-state index in [1.165, 1.54) is 12.1 Å². The second-order valence-corrected chi connectivity index (χ2v) is 9.80. The number of fused-ring (bicyclic) bond motifs is 2. The van der Waals surface area contributed by atoms with E-state index in [9.17, 15) is 32.8 Å². The Bertz CT molecular complexity index is 1400. The Hall–Kier alpha value is -4.33. The van der Waals surface area contributed by atoms with Crippen LogP contribution in [0.4, 0.5) is 18.9 Å². The molecule has 0 bridgehead atoms. The molecule has 3 atom stereocenters. The van der Waals surface area contributed by atoms with Crippen molar-refractivity contribution in [3.8, 4) is 11.8 Å². The van der Waals surface area contributed by atoms with Crippen molar-refractivity contribution in [2.24, 2.45) is 5.92 Å². The second kappa shape index (κ2) is 10.1. The minimum absolute atomic E-state index is 0.170. The second-order valence-electron chi connectivity index (χ2n) is 9.80. The molecule has 11 heteroatoms. The highest BCUT2D eigenvalue weighted by Crippen LogP contribution is 2.53. The Morgan fingerprint density at radius 1 is 1.10 bits per heavy atom. The van der Waals surface area contributed by atoms with Crippen LogP contribution in [0.5, 0.6) is 5.75 Å². The first-order valence-electron chi connectivity index (χ1n) is 12.5. The molecular formula is C28H24F3N3O5. The molecule has 0 spiro atoms. The number of carbonyl (C=O) groups is 3. The normalized spacial score (nSPS) is 21.2. The number of amides is 2. The van der Waals surface area contributed by atoms with Crippen LogP contribution in [-0.2, 0) is 9.59 Å². The fraction of sp³-hybridized carbons (Fsp3) is 0.357. The van der Waals surface area contributed by atoms with Crippen LogP contribution in [0.1, 0.15) is 66.1 Å². The van der Waals surface area contributed by atoms with Crippen molar-refractivity contribution in [2.45, 2.75) is 57.0 Å². The predicted molar refractivity (Wildman–Crippen MR) is 131 cm³/mol. The van der Waals surface area contributed by atoms with Gasteiger partial charge in [-0.25, -0.2) is 0 Å². The zero-order valence-corrected chi connectivity index (χ0v) is 20.6. The molecule has 39 heavy (non-hydrogen) atoms. The van der Waals surface area contributed by atoms with Crippen molar-refractivity contribution in [2.75, 3.05) is 4.90 Å². The maximum absolute atomic E-state index is 13.8. The first kappa shape index (κ1) is 26.3. The Kier molecular flexibility index (Phi) is 6.80. The van der Waals surface area contributed by atoms with Crippen LogP contribution in [0.2, 0.25) is 0 Å². The van der Waals surface area contributed by atoms with E-state index in [-0.39, 0.29) is 36.3 Å². The highest BCUT2D eigenvalue weighted by molar-refractivity contribution is 6.07. The van der Waals surface area contributed by atoms with Crippen molar-refractivity contribution in [1.82, 2.24) is 4.90 Å². The average Bonchev–Trinajstić information content (AvgIpc) is 3.61. The summed E-state index contributed by atoms with van der Waals surface area (Å²) < 4.78 is 41.7. The molecule has 0 saturated heterocycles. The van der Waals surface area contributed by atoms with E-state index < -0.39 is 30.0 Å². The van der Waals surface area contributed by atoms with E-state index in [1.54, 1.807) is 28.0 Å². The van der Waals surface area contributed by atoms with Gasteiger partial charge < -0.3 is 19.6 Å². The topological polar surface area (TPSA) is 111 Å². The first-order chi connectivity index (χ1) is 18.6. The predicted octanol–water partition coefficient (Wildman–Crippen LogP) is 5.31. The number of hydrogen-bond acceptors (Lipinski definition) is 5. The van der Waals surface area contributed by atoms with E-state index in [1.807, 2.05) is 6.08 Å². The summed E-state index contributed by atoms with van der Waals surface area (Å²) in [4.78, 5) is 41.6. The number of hydrogen-bond donors (Lipinski definition) is 1. The van der Waals surface area contributed by atoms with E-state index in [0.717, 1.165) is 24.3 Å². The van der Waals surface area contributed by atoms with Gasteiger partial charge in [0.05, 0.1) is 24.1 Å². The molecule has 1 saturated carbocycles. The molecule has 202 valence electrons. The molecular weight excluding hydrogens is 515 g/mol. The Labute approximate surface area is 221 Å². The van der Waals surface area contributed by atoms with Crippen LogP contribution < -0.4 is 9.64 Å². The summed E-state index contributed by atoms with van der Waals surface area (Å²) in [5.74, 6) is -2.44. The van der Waals surface area contributed by atoms with Crippen LogP contribution in [0.25, 0.3) is 0 Å². The molecule has 1 heterocycles. The summed E-state index contributed by atoms with van der Waals surface area (Å²) in [5.41, 5.74) is 2.43. The van der Waals surface area contributed by atoms with Crippen LogP contribution in [0.3, 0.4) is 0 Å².